The average Bonchev–Trinajstić information content (AvgIpc) is 2.65. The van der Waals surface area contributed by atoms with Gasteiger partial charge in [-0.15, -0.1) is 0 Å². The second-order valence-corrected chi connectivity index (χ2v) is 7.09. The van der Waals surface area contributed by atoms with Gasteiger partial charge < -0.3 is 14.5 Å². The second kappa shape index (κ2) is 8.76. The maximum Gasteiger partial charge on any atom is 0.416 e. The number of nitrogens with one attached hydrogen (secondary N) is 2. The fourth-order valence-corrected chi connectivity index (χ4v) is 3.69. The predicted molar refractivity (Wildman–Crippen MR) is 97.9 cm³/mol. The molecule has 2 aromatic rings. The first-order valence-electron chi connectivity index (χ1n) is 9.49. The third-order valence-corrected chi connectivity index (χ3v) is 5.12. The zero-order chi connectivity index (χ0) is 19.3. The van der Waals surface area contributed by atoms with Gasteiger partial charge >= 0.3 is 6.18 Å². The first-order valence-corrected chi connectivity index (χ1v) is 9.49. The number of hydrogen-bond acceptors (Lipinski definition) is 1. The fraction of sp³-hybridized carbons (Fsp3) is 0.429. The van der Waals surface area contributed by atoms with Crippen LogP contribution in [-0.2, 0) is 19.3 Å². The van der Waals surface area contributed by atoms with E-state index >= 15 is 0 Å². The lowest BCUT2D eigenvalue weighted by atomic mass is 10.1. The van der Waals surface area contributed by atoms with E-state index in [4.69, 9.17) is 4.74 Å². The first-order chi connectivity index (χ1) is 13.0. The molecule has 27 heavy (non-hydrogen) atoms. The van der Waals surface area contributed by atoms with Gasteiger partial charge in [0.05, 0.1) is 12.2 Å². The highest BCUT2D eigenvalue weighted by Crippen LogP contribution is 2.31. The molecule has 146 valence electrons. The molecule has 1 fully saturated rings. The van der Waals surface area contributed by atoms with Gasteiger partial charge in [0.15, 0.2) is 0 Å². The van der Waals surface area contributed by atoms with Crippen molar-refractivity contribution in [2.24, 2.45) is 0 Å². The summed E-state index contributed by atoms with van der Waals surface area (Å²) in [5, 5.41) is 0. The summed E-state index contributed by atoms with van der Waals surface area (Å²) in [7, 11) is 0. The molecule has 0 aromatic heterocycles. The largest absolute Gasteiger partial charge is 0.494 e. The number of piperazine rings is 1. The molecule has 0 aliphatic carbocycles. The Morgan fingerprint density at radius 1 is 0.852 bits per heavy atom. The van der Waals surface area contributed by atoms with Crippen molar-refractivity contribution >= 4 is 0 Å². The highest BCUT2D eigenvalue weighted by molar-refractivity contribution is 5.29. The smallest absolute Gasteiger partial charge is 0.416 e. The zero-order valence-electron chi connectivity index (χ0n) is 15.6. The molecule has 1 aliphatic rings. The average molecular weight is 380 g/mol. The Kier molecular flexibility index (Phi) is 6.39. The van der Waals surface area contributed by atoms with E-state index in [1.54, 1.807) is 12.1 Å². The van der Waals surface area contributed by atoms with Crippen LogP contribution in [0, 0.1) is 0 Å². The number of halogens is 3. The number of ether oxygens (including phenoxy) is 1. The third-order valence-electron chi connectivity index (χ3n) is 5.12. The normalized spacial score (nSPS) is 20.4. The summed E-state index contributed by atoms with van der Waals surface area (Å²) in [5.41, 5.74) is 1.16. The van der Waals surface area contributed by atoms with Crippen molar-refractivity contribution in [3.8, 4) is 5.75 Å². The zero-order valence-corrected chi connectivity index (χ0v) is 15.6. The van der Waals surface area contributed by atoms with E-state index in [2.05, 4.69) is 12.1 Å². The Morgan fingerprint density at radius 3 is 2.04 bits per heavy atom. The Balaban J connectivity index is 1.52. The molecule has 3 rings (SSSR count). The van der Waals surface area contributed by atoms with Crippen molar-refractivity contribution in [2.45, 2.75) is 26.2 Å². The molecule has 1 aliphatic heterocycles. The minimum atomic E-state index is -4.28. The number of hydrogen-bond donors (Lipinski definition) is 2. The summed E-state index contributed by atoms with van der Waals surface area (Å²) in [6.45, 7) is 7.72. The molecule has 0 bridgehead atoms. The maximum atomic E-state index is 13.2. The van der Waals surface area contributed by atoms with Crippen molar-refractivity contribution in [1.29, 1.82) is 0 Å². The molecule has 0 saturated carbocycles. The van der Waals surface area contributed by atoms with Crippen LogP contribution in [0.25, 0.3) is 0 Å². The molecule has 0 atom stereocenters. The van der Waals surface area contributed by atoms with E-state index in [0.29, 0.717) is 18.7 Å². The highest BCUT2D eigenvalue weighted by Gasteiger charge is 2.34. The van der Waals surface area contributed by atoms with E-state index < -0.39 is 11.7 Å². The minimum Gasteiger partial charge on any atom is -0.494 e. The Morgan fingerprint density at radius 2 is 1.44 bits per heavy atom. The van der Waals surface area contributed by atoms with Crippen LogP contribution in [0.2, 0.25) is 0 Å². The molecule has 2 aromatic carbocycles. The number of benzene rings is 2. The summed E-state index contributed by atoms with van der Waals surface area (Å²) in [4.78, 5) is 2.70. The van der Waals surface area contributed by atoms with Gasteiger partial charge in [-0.05, 0) is 37.3 Å². The molecule has 0 amide bonds. The summed E-state index contributed by atoms with van der Waals surface area (Å²) in [6, 6.07) is 14.1. The van der Waals surface area contributed by atoms with Crippen molar-refractivity contribution in [3.63, 3.8) is 0 Å². The van der Waals surface area contributed by atoms with Crippen LogP contribution >= 0.6 is 0 Å². The van der Waals surface area contributed by atoms with Crippen LogP contribution in [0.3, 0.4) is 0 Å². The van der Waals surface area contributed by atoms with Crippen molar-refractivity contribution in [1.82, 2.24) is 0 Å². The lowest BCUT2D eigenvalue weighted by molar-refractivity contribution is -1.02. The Bertz CT molecular complexity index is 723. The number of rotatable bonds is 6. The van der Waals surface area contributed by atoms with E-state index in [1.807, 2.05) is 19.1 Å². The van der Waals surface area contributed by atoms with Crippen LogP contribution in [0.15, 0.2) is 48.5 Å². The van der Waals surface area contributed by atoms with E-state index in [0.717, 1.165) is 38.5 Å². The van der Waals surface area contributed by atoms with Gasteiger partial charge in [-0.3, -0.25) is 0 Å². The van der Waals surface area contributed by atoms with Crippen molar-refractivity contribution in [2.75, 3.05) is 32.8 Å². The molecule has 1 saturated heterocycles. The first kappa shape index (κ1) is 19.7. The third kappa shape index (κ3) is 5.47. The van der Waals surface area contributed by atoms with Gasteiger partial charge in [-0.2, -0.15) is 13.2 Å². The molecular weight excluding hydrogens is 353 g/mol. The lowest BCUT2D eigenvalue weighted by Gasteiger charge is -2.30. The summed E-state index contributed by atoms with van der Waals surface area (Å²) in [5.74, 6) is 0.883. The Labute approximate surface area is 158 Å². The fourth-order valence-electron chi connectivity index (χ4n) is 3.69. The lowest BCUT2D eigenvalue weighted by Crippen LogP contribution is -3.27. The molecule has 3 nitrogen and oxygen atoms in total. The standard InChI is InChI=1S/C21H25F3N2O/c1-2-27-19-9-7-17(8-10-19)15-25-11-13-26(14-12-25)16-18-5-3-4-6-20(18)21(22,23)24/h3-10H,2,11-16H2,1H3/p+2. The van der Waals surface area contributed by atoms with Crippen LogP contribution < -0.4 is 14.5 Å². The maximum absolute atomic E-state index is 13.2. The van der Waals surface area contributed by atoms with E-state index in [1.165, 1.54) is 27.5 Å². The second-order valence-electron chi connectivity index (χ2n) is 7.09. The van der Waals surface area contributed by atoms with Crippen LogP contribution in [0.1, 0.15) is 23.6 Å². The van der Waals surface area contributed by atoms with Gasteiger partial charge in [-0.25, -0.2) is 0 Å². The van der Waals surface area contributed by atoms with Crippen LogP contribution in [-0.4, -0.2) is 32.8 Å². The molecule has 1 heterocycles. The molecule has 0 radical (unpaired) electrons. The highest BCUT2D eigenvalue weighted by atomic mass is 19.4. The van der Waals surface area contributed by atoms with E-state index in [-0.39, 0.29) is 0 Å². The van der Waals surface area contributed by atoms with Crippen LogP contribution in [0.4, 0.5) is 13.2 Å². The molecule has 0 spiro atoms. The SMILES string of the molecule is CCOc1ccc(C[NH+]2CC[NH+](Cc3ccccc3C(F)(F)F)CC2)cc1. The van der Waals surface area contributed by atoms with Crippen molar-refractivity contribution in [3.05, 3.63) is 65.2 Å². The summed E-state index contributed by atoms with van der Waals surface area (Å²) >= 11 is 0. The van der Waals surface area contributed by atoms with Crippen molar-refractivity contribution < 1.29 is 27.7 Å². The van der Waals surface area contributed by atoms with Gasteiger partial charge in [-0.1, -0.05) is 18.2 Å². The van der Waals surface area contributed by atoms with Gasteiger partial charge in [0.2, 0.25) is 0 Å². The minimum absolute atomic E-state index is 0.398. The summed E-state index contributed by atoms with van der Waals surface area (Å²) in [6.07, 6.45) is -4.28. The van der Waals surface area contributed by atoms with E-state index in [9.17, 15) is 13.2 Å². The monoisotopic (exact) mass is 380 g/mol. The number of quaternary nitrogens is 2. The molecule has 0 unspecified atom stereocenters. The molecule has 6 heteroatoms. The van der Waals surface area contributed by atoms with Gasteiger partial charge in [0, 0.05) is 11.1 Å². The van der Waals surface area contributed by atoms with Crippen LogP contribution in [0.5, 0.6) is 5.75 Å². The predicted octanol–water partition coefficient (Wildman–Crippen LogP) is 1.59. The quantitative estimate of drug-likeness (QED) is 0.779. The van der Waals surface area contributed by atoms with Gasteiger partial charge in [0.1, 0.15) is 45.0 Å². The van der Waals surface area contributed by atoms with Gasteiger partial charge in [0.25, 0.3) is 0 Å². The summed E-state index contributed by atoms with van der Waals surface area (Å²) < 4.78 is 44.9. The topological polar surface area (TPSA) is 18.1 Å². The molecule has 2 N–H and O–H groups in total. The molecular formula is C21H27F3N2O+2. The number of alkyl halides is 3. The Hall–Kier alpha value is -2.05.